The highest BCUT2D eigenvalue weighted by Crippen LogP contribution is 2.13. The monoisotopic (exact) mass is 254 g/mol. The zero-order valence-corrected chi connectivity index (χ0v) is 10.5. The first-order valence-electron chi connectivity index (χ1n) is 5.03. The van der Waals surface area contributed by atoms with Crippen LogP contribution in [-0.2, 0) is 10.0 Å². The van der Waals surface area contributed by atoms with Crippen molar-refractivity contribution >= 4 is 10.0 Å². The second-order valence-corrected chi connectivity index (χ2v) is 5.33. The molecular formula is C11H14N2O3S. The Morgan fingerprint density at radius 1 is 1.47 bits per heavy atom. The molecule has 17 heavy (non-hydrogen) atoms. The van der Waals surface area contributed by atoms with Gasteiger partial charge >= 0.3 is 0 Å². The van der Waals surface area contributed by atoms with E-state index >= 15 is 0 Å². The van der Waals surface area contributed by atoms with Crippen molar-refractivity contribution in [3.05, 3.63) is 24.0 Å². The minimum Gasteiger partial charge on any atom is -0.384 e. The molecule has 1 N–H and O–H groups in total. The van der Waals surface area contributed by atoms with Crippen molar-refractivity contribution < 1.29 is 13.5 Å². The van der Waals surface area contributed by atoms with Crippen molar-refractivity contribution in [2.75, 3.05) is 20.2 Å². The predicted octanol–water partition coefficient (Wildman–Crippen LogP) is 0.0658. The molecule has 1 rings (SSSR count). The van der Waals surface area contributed by atoms with Gasteiger partial charge in [-0.05, 0) is 6.07 Å². The first kappa shape index (κ1) is 13.6. The highest BCUT2D eigenvalue weighted by Gasteiger charge is 2.19. The maximum absolute atomic E-state index is 12.0. The Labute approximate surface area is 101 Å². The minimum atomic E-state index is -3.50. The minimum absolute atomic E-state index is 0.103. The molecule has 1 aromatic heterocycles. The SMILES string of the molecule is CCN(C)S(=O)(=O)c1cncc(C#CCO)c1. The number of hydrogen-bond donors (Lipinski definition) is 1. The average Bonchev–Trinajstić information content (AvgIpc) is 2.35. The van der Waals surface area contributed by atoms with Gasteiger partial charge in [0.15, 0.2) is 0 Å². The number of rotatable bonds is 3. The highest BCUT2D eigenvalue weighted by atomic mass is 32.2. The molecule has 0 spiro atoms. The Morgan fingerprint density at radius 3 is 2.76 bits per heavy atom. The number of nitrogens with zero attached hydrogens (tertiary/aromatic N) is 2. The van der Waals surface area contributed by atoms with Gasteiger partial charge in [0, 0.05) is 31.5 Å². The largest absolute Gasteiger partial charge is 0.384 e. The van der Waals surface area contributed by atoms with E-state index in [1.165, 1.54) is 29.8 Å². The first-order valence-corrected chi connectivity index (χ1v) is 6.47. The molecule has 92 valence electrons. The molecule has 0 saturated heterocycles. The summed E-state index contributed by atoms with van der Waals surface area (Å²) < 4.78 is 25.2. The molecule has 1 aromatic rings. The van der Waals surface area contributed by atoms with Crippen molar-refractivity contribution in [1.29, 1.82) is 0 Å². The molecule has 5 nitrogen and oxygen atoms in total. The van der Waals surface area contributed by atoms with E-state index in [0.29, 0.717) is 12.1 Å². The second kappa shape index (κ2) is 5.77. The normalized spacial score (nSPS) is 11.1. The summed E-state index contributed by atoms with van der Waals surface area (Å²) >= 11 is 0. The number of pyridine rings is 1. The summed E-state index contributed by atoms with van der Waals surface area (Å²) in [6.07, 6.45) is 2.74. The highest BCUT2D eigenvalue weighted by molar-refractivity contribution is 7.89. The molecule has 0 fully saturated rings. The fourth-order valence-electron chi connectivity index (χ4n) is 1.12. The Balaban J connectivity index is 3.16. The van der Waals surface area contributed by atoms with Gasteiger partial charge in [0.25, 0.3) is 0 Å². The number of aliphatic hydroxyl groups is 1. The van der Waals surface area contributed by atoms with E-state index < -0.39 is 10.0 Å². The van der Waals surface area contributed by atoms with Crippen LogP contribution in [0.3, 0.4) is 0 Å². The fraction of sp³-hybridized carbons (Fsp3) is 0.364. The van der Waals surface area contributed by atoms with Crippen LogP contribution in [0.4, 0.5) is 0 Å². The quantitative estimate of drug-likeness (QED) is 0.775. The molecular weight excluding hydrogens is 240 g/mol. The second-order valence-electron chi connectivity index (χ2n) is 3.29. The molecule has 0 amide bonds. The van der Waals surface area contributed by atoms with Gasteiger partial charge in [-0.3, -0.25) is 4.98 Å². The summed E-state index contributed by atoms with van der Waals surface area (Å²) in [5.41, 5.74) is 0.463. The molecule has 6 heteroatoms. The molecule has 0 aromatic carbocycles. The summed E-state index contributed by atoms with van der Waals surface area (Å²) in [6, 6.07) is 1.44. The van der Waals surface area contributed by atoms with Gasteiger partial charge in [0.1, 0.15) is 11.5 Å². The van der Waals surface area contributed by atoms with E-state index in [0.717, 1.165) is 0 Å². The molecule has 1 heterocycles. The summed E-state index contributed by atoms with van der Waals surface area (Å²) in [4.78, 5) is 3.93. The molecule has 0 radical (unpaired) electrons. The molecule has 0 atom stereocenters. The lowest BCUT2D eigenvalue weighted by Gasteiger charge is -2.14. The van der Waals surface area contributed by atoms with E-state index in [1.807, 2.05) is 0 Å². The van der Waals surface area contributed by atoms with E-state index in [-0.39, 0.29) is 11.5 Å². The van der Waals surface area contributed by atoms with Crippen molar-refractivity contribution in [3.8, 4) is 11.8 Å². The van der Waals surface area contributed by atoms with Gasteiger partial charge in [0.2, 0.25) is 10.0 Å². The third-order valence-electron chi connectivity index (χ3n) is 2.18. The van der Waals surface area contributed by atoms with Crippen molar-refractivity contribution in [1.82, 2.24) is 9.29 Å². The van der Waals surface area contributed by atoms with Crippen LogP contribution < -0.4 is 0 Å². The van der Waals surface area contributed by atoms with Crippen LogP contribution in [-0.4, -0.2) is 43.0 Å². The average molecular weight is 254 g/mol. The van der Waals surface area contributed by atoms with Gasteiger partial charge < -0.3 is 5.11 Å². The van der Waals surface area contributed by atoms with Gasteiger partial charge in [-0.2, -0.15) is 0 Å². The number of sulfonamides is 1. The smallest absolute Gasteiger partial charge is 0.244 e. The van der Waals surface area contributed by atoms with Gasteiger partial charge in [-0.1, -0.05) is 18.8 Å². The summed E-state index contributed by atoms with van der Waals surface area (Å²) in [7, 11) is -1.99. The molecule has 0 saturated carbocycles. The lowest BCUT2D eigenvalue weighted by molar-refractivity contribution is 0.350. The topological polar surface area (TPSA) is 70.5 Å². The fourth-order valence-corrected chi connectivity index (χ4v) is 2.29. The van der Waals surface area contributed by atoms with Gasteiger partial charge in [-0.25, -0.2) is 12.7 Å². The van der Waals surface area contributed by atoms with E-state index in [9.17, 15) is 8.42 Å². The molecule has 0 bridgehead atoms. The van der Waals surface area contributed by atoms with E-state index in [1.54, 1.807) is 6.92 Å². The van der Waals surface area contributed by atoms with Crippen molar-refractivity contribution in [2.45, 2.75) is 11.8 Å². The van der Waals surface area contributed by atoms with Crippen molar-refractivity contribution in [3.63, 3.8) is 0 Å². The Kier molecular flexibility index (Phi) is 4.63. The van der Waals surface area contributed by atoms with Crippen LogP contribution in [0.5, 0.6) is 0 Å². The predicted molar refractivity (Wildman–Crippen MR) is 63.7 cm³/mol. The van der Waals surface area contributed by atoms with Crippen LogP contribution in [0.2, 0.25) is 0 Å². The Morgan fingerprint density at radius 2 is 2.18 bits per heavy atom. The summed E-state index contributed by atoms with van der Waals surface area (Å²) in [5, 5.41) is 8.56. The molecule has 0 unspecified atom stereocenters. The molecule has 0 aliphatic heterocycles. The third kappa shape index (κ3) is 3.27. The summed E-state index contributed by atoms with van der Waals surface area (Å²) in [6.45, 7) is 1.86. The third-order valence-corrected chi connectivity index (χ3v) is 4.08. The molecule has 0 aliphatic carbocycles. The lowest BCUT2D eigenvalue weighted by Crippen LogP contribution is -2.26. The van der Waals surface area contributed by atoms with E-state index in [2.05, 4.69) is 16.8 Å². The van der Waals surface area contributed by atoms with Crippen LogP contribution >= 0.6 is 0 Å². The van der Waals surface area contributed by atoms with Crippen LogP contribution in [0, 0.1) is 11.8 Å². The van der Waals surface area contributed by atoms with Crippen LogP contribution in [0.15, 0.2) is 23.4 Å². The maximum Gasteiger partial charge on any atom is 0.244 e. The zero-order valence-electron chi connectivity index (χ0n) is 9.71. The Hall–Kier alpha value is -1.42. The first-order chi connectivity index (χ1) is 8.02. The van der Waals surface area contributed by atoms with Gasteiger partial charge in [-0.15, -0.1) is 0 Å². The number of hydrogen-bond acceptors (Lipinski definition) is 4. The standard InChI is InChI=1S/C11H14N2O3S/c1-3-13(2)17(15,16)11-7-10(5-4-6-14)8-12-9-11/h7-9,14H,3,6H2,1-2H3. The van der Waals surface area contributed by atoms with Crippen molar-refractivity contribution in [2.24, 2.45) is 0 Å². The Bertz CT molecular complexity index is 543. The molecule has 0 aliphatic rings. The van der Waals surface area contributed by atoms with Gasteiger partial charge in [0.05, 0.1) is 0 Å². The number of aliphatic hydroxyl groups excluding tert-OH is 1. The lowest BCUT2D eigenvalue weighted by atomic mass is 10.3. The number of aromatic nitrogens is 1. The van der Waals surface area contributed by atoms with E-state index in [4.69, 9.17) is 5.11 Å². The maximum atomic E-state index is 12.0. The van der Waals surface area contributed by atoms with Crippen LogP contribution in [0.25, 0.3) is 0 Å². The van der Waals surface area contributed by atoms with Crippen LogP contribution in [0.1, 0.15) is 12.5 Å². The summed E-state index contributed by atoms with van der Waals surface area (Å²) in [5.74, 6) is 5.06. The zero-order chi connectivity index (χ0) is 12.9.